The summed E-state index contributed by atoms with van der Waals surface area (Å²) in [6, 6.07) is 6.17. The lowest BCUT2D eigenvalue weighted by atomic mass is 10.1. The van der Waals surface area contributed by atoms with Crippen LogP contribution >= 0.6 is 0 Å². The molecule has 0 radical (unpaired) electrons. The Balaban J connectivity index is 2.21. The van der Waals surface area contributed by atoms with Crippen molar-refractivity contribution in [2.24, 2.45) is 5.10 Å². The van der Waals surface area contributed by atoms with E-state index in [-0.39, 0.29) is 17.6 Å². The van der Waals surface area contributed by atoms with Crippen molar-refractivity contribution in [1.82, 2.24) is 15.0 Å². The molecule has 0 unspecified atom stereocenters. The summed E-state index contributed by atoms with van der Waals surface area (Å²) >= 11 is 0. The van der Waals surface area contributed by atoms with Gasteiger partial charge in [-0.15, -0.1) is 0 Å². The predicted octanol–water partition coefficient (Wildman–Crippen LogP) is 1.51. The zero-order valence-electron chi connectivity index (χ0n) is 11.4. The number of aromatic nitrogens is 3. The van der Waals surface area contributed by atoms with E-state index < -0.39 is 4.92 Å². The van der Waals surface area contributed by atoms with Gasteiger partial charge in [0.1, 0.15) is 5.82 Å². The zero-order chi connectivity index (χ0) is 15.4. The number of nitro benzene ring substituents is 1. The minimum Gasteiger partial charge on any atom is -0.368 e. The maximum atomic E-state index is 10.7. The summed E-state index contributed by atoms with van der Waals surface area (Å²) in [6.07, 6.45) is 0. The first-order chi connectivity index (χ1) is 9.95. The summed E-state index contributed by atoms with van der Waals surface area (Å²) in [5.41, 5.74) is 9.33. The van der Waals surface area contributed by atoms with Gasteiger partial charge in [0, 0.05) is 17.7 Å². The molecule has 108 valence electrons. The van der Waals surface area contributed by atoms with Gasteiger partial charge in [0.2, 0.25) is 11.9 Å². The molecule has 9 heteroatoms. The smallest absolute Gasteiger partial charge is 0.270 e. The van der Waals surface area contributed by atoms with Gasteiger partial charge in [-0.3, -0.25) is 10.1 Å². The summed E-state index contributed by atoms with van der Waals surface area (Å²) in [6.45, 7) is 3.39. The lowest BCUT2D eigenvalue weighted by Crippen LogP contribution is -2.06. The van der Waals surface area contributed by atoms with Gasteiger partial charge in [-0.2, -0.15) is 20.1 Å². The van der Waals surface area contributed by atoms with Crippen LogP contribution in [0, 0.1) is 17.0 Å². The summed E-state index contributed by atoms with van der Waals surface area (Å²) < 4.78 is 0. The number of anilines is 2. The maximum Gasteiger partial charge on any atom is 0.270 e. The van der Waals surface area contributed by atoms with Crippen LogP contribution in [-0.2, 0) is 0 Å². The quantitative estimate of drug-likeness (QED) is 0.494. The minimum absolute atomic E-state index is 0.00213. The van der Waals surface area contributed by atoms with Crippen LogP contribution in [0.1, 0.15) is 18.3 Å². The maximum absolute atomic E-state index is 10.7. The van der Waals surface area contributed by atoms with E-state index in [4.69, 9.17) is 5.73 Å². The fourth-order valence-electron chi connectivity index (χ4n) is 1.60. The number of aryl methyl sites for hydroxylation is 1. The van der Waals surface area contributed by atoms with Gasteiger partial charge < -0.3 is 5.73 Å². The van der Waals surface area contributed by atoms with Gasteiger partial charge in [0.05, 0.1) is 10.6 Å². The topological polar surface area (TPSA) is 132 Å². The van der Waals surface area contributed by atoms with Crippen molar-refractivity contribution in [1.29, 1.82) is 0 Å². The molecule has 0 bridgehead atoms. The molecule has 3 N–H and O–H groups in total. The third-order valence-electron chi connectivity index (χ3n) is 2.56. The summed E-state index contributed by atoms with van der Waals surface area (Å²) in [5.74, 6) is 0.770. The van der Waals surface area contributed by atoms with E-state index in [0.717, 1.165) is 0 Å². The monoisotopic (exact) mass is 287 g/mol. The first kappa shape index (κ1) is 14.3. The number of nitrogens with one attached hydrogen (secondary N) is 1. The molecular formula is C12H13N7O2. The molecule has 21 heavy (non-hydrogen) atoms. The molecule has 0 saturated carbocycles. The zero-order valence-corrected chi connectivity index (χ0v) is 11.4. The highest BCUT2D eigenvalue weighted by molar-refractivity contribution is 5.99. The van der Waals surface area contributed by atoms with Crippen LogP contribution in [0.3, 0.4) is 0 Å². The second-order valence-electron chi connectivity index (χ2n) is 4.18. The van der Waals surface area contributed by atoms with Gasteiger partial charge in [0.25, 0.3) is 5.69 Å². The van der Waals surface area contributed by atoms with E-state index >= 15 is 0 Å². The first-order valence-electron chi connectivity index (χ1n) is 5.99. The van der Waals surface area contributed by atoms with Crippen LogP contribution in [0.25, 0.3) is 0 Å². The molecule has 0 atom stereocenters. The fraction of sp³-hybridized carbons (Fsp3) is 0.167. The number of non-ortho nitro benzene ring substituents is 1. The molecule has 1 aromatic heterocycles. The normalized spacial score (nSPS) is 11.2. The Morgan fingerprint density at radius 2 is 2.14 bits per heavy atom. The average Bonchev–Trinajstić information content (AvgIpc) is 2.44. The number of nitrogen functional groups attached to an aromatic ring is 1. The Hall–Kier alpha value is -3.10. The van der Waals surface area contributed by atoms with E-state index in [9.17, 15) is 10.1 Å². The predicted molar refractivity (Wildman–Crippen MR) is 77.9 cm³/mol. The van der Waals surface area contributed by atoms with Crippen LogP contribution in [0.5, 0.6) is 0 Å². The Morgan fingerprint density at radius 3 is 2.81 bits per heavy atom. The Kier molecular flexibility index (Phi) is 4.02. The molecular weight excluding hydrogens is 274 g/mol. The number of nitrogens with two attached hydrogens (primary N) is 1. The largest absolute Gasteiger partial charge is 0.368 e. The van der Waals surface area contributed by atoms with Crippen molar-refractivity contribution in [2.45, 2.75) is 13.8 Å². The van der Waals surface area contributed by atoms with Gasteiger partial charge in [0.15, 0.2) is 0 Å². The van der Waals surface area contributed by atoms with Crippen LogP contribution in [0.15, 0.2) is 29.4 Å². The summed E-state index contributed by atoms with van der Waals surface area (Å²) in [4.78, 5) is 22.0. The molecule has 0 saturated heterocycles. The molecule has 0 aliphatic carbocycles. The highest BCUT2D eigenvalue weighted by Crippen LogP contribution is 2.14. The molecule has 1 aromatic carbocycles. The molecule has 0 aliphatic heterocycles. The van der Waals surface area contributed by atoms with Crippen molar-refractivity contribution in [3.05, 3.63) is 45.8 Å². The molecule has 0 aliphatic rings. The lowest BCUT2D eigenvalue weighted by molar-refractivity contribution is -0.384. The van der Waals surface area contributed by atoms with E-state index in [1.807, 2.05) is 0 Å². The van der Waals surface area contributed by atoms with Gasteiger partial charge in [-0.25, -0.2) is 5.43 Å². The van der Waals surface area contributed by atoms with E-state index in [1.165, 1.54) is 12.1 Å². The number of nitro groups is 1. The molecule has 0 fully saturated rings. The van der Waals surface area contributed by atoms with Gasteiger partial charge in [-0.1, -0.05) is 12.1 Å². The summed E-state index contributed by atoms with van der Waals surface area (Å²) in [7, 11) is 0. The minimum atomic E-state index is -0.458. The number of hydrogen-bond donors (Lipinski definition) is 2. The number of hydrogen-bond acceptors (Lipinski definition) is 8. The second-order valence-corrected chi connectivity index (χ2v) is 4.18. The highest BCUT2D eigenvalue weighted by atomic mass is 16.6. The van der Waals surface area contributed by atoms with Crippen LogP contribution in [-0.4, -0.2) is 25.6 Å². The Morgan fingerprint density at radius 1 is 1.38 bits per heavy atom. The van der Waals surface area contributed by atoms with E-state index in [1.54, 1.807) is 26.0 Å². The van der Waals surface area contributed by atoms with E-state index in [0.29, 0.717) is 17.1 Å². The van der Waals surface area contributed by atoms with Crippen LogP contribution < -0.4 is 11.2 Å². The standard InChI is InChI=1S/C12H13N7O2/c1-7(9-4-3-5-10(6-9)19(20)21)17-18-12-15-8(2)14-11(13)16-12/h3-6H,1-2H3,(H3,13,14,15,16,18)/b17-7+. The molecule has 0 amide bonds. The van der Waals surface area contributed by atoms with Crippen molar-refractivity contribution < 1.29 is 4.92 Å². The van der Waals surface area contributed by atoms with Crippen molar-refractivity contribution >= 4 is 23.3 Å². The second kappa shape index (κ2) is 5.90. The SMILES string of the molecule is C/C(=N\Nc1nc(C)nc(N)n1)c1cccc([N+](=O)[O-])c1. The first-order valence-corrected chi connectivity index (χ1v) is 5.99. The van der Waals surface area contributed by atoms with Crippen molar-refractivity contribution in [3.63, 3.8) is 0 Å². The Bertz CT molecular complexity index is 694. The summed E-state index contributed by atoms with van der Waals surface area (Å²) in [5, 5.41) is 14.8. The number of nitrogens with zero attached hydrogens (tertiary/aromatic N) is 5. The third kappa shape index (κ3) is 3.69. The highest BCUT2D eigenvalue weighted by Gasteiger charge is 2.07. The van der Waals surface area contributed by atoms with Gasteiger partial charge >= 0.3 is 0 Å². The Labute approximate surface area is 120 Å². The molecule has 0 spiro atoms. The molecule has 2 rings (SSSR count). The molecule has 9 nitrogen and oxygen atoms in total. The lowest BCUT2D eigenvalue weighted by Gasteiger charge is -2.03. The fourth-order valence-corrected chi connectivity index (χ4v) is 1.60. The van der Waals surface area contributed by atoms with E-state index in [2.05, 4.69) is 25.5 Å². The number of rotatable bonds is 4. The van der Waals surface area contributed by atoms with Gasteiger partial charge in [-0.05, 0) is 13.8 Å². The average molecular weight is 287 g/mol. The molecule has 2 aromatic rings. The van der Waals surface area contributed by atoms with Crippen LogP contribution in [0.4, 0.5) is 17.6 Å². The number of hydrazone groups is 1. The number of benzene rings is 1. The van der Waals surface area contributed by atoms with Crippen molar-refractivity contribution in [3.8, 4) is 0 Å². The third-order valence-corrected chi connectivity index (χ3v) is 2.56. The van der Waals surface area contributed by atoms with Crippen LogP contribution in [0.2, 0.25) is 0 Å². The van der Waals surface area contributed by atoms with Crippen molar-refractivity contribution in [2.75, 3.05) is 11.2 Å². The molecule has 1 heterocycles.